The minimum absolute atomic E-state index is 0.0555. The van der Waals surface area contributed by atoms with Crippen molar-refractivity contribution in [3.8, 4) is 73.0 Å². The Morgan fingerprint density at radius 1 is 0.414 bits per heavy atom. The highest BCUT2D eigenvalue weighted by atomic mass is 16.5. The second kappa shape index (κ2) is 14.4. The molecule has 0 radical (unpaired) electrons. The van der Waals surface area contributed by atoms with Crippen molar-refractivity contribution < 1.29 is 14.3 Å². The SMILES string of the molecule is COc1ccc(-c2cccc3c2-c2nc(N)nc(-c4ccccc4)c2C3=O)cc1.Cc1ccc(-c2nc(N)nc3c2C(=O)c2cccc(-c4cccc(C)c4)c2-3)cc1. The molecule has 10 rings (SSSR count). The summed E-state index contributed by atoms with van der Waals surface area (Å²) < 4.78 is 5.26. The number of carbonyl (C=O) groups is 2. The number of ketones is 2. The zero-order valence-corrected chi connectivity index (χ0v) is 31.9. The van der Waals surface area contributed by atoms with Crippen molar-refractivity contribution in [1.82, 2.24) is 19.9 Å². The van der Waals surface area contributed by atoms with Gasteiger partial charge in [0.15, 0.2) is 11.6 Å². The number of nitrogen functional groups attached to an aromatic ring is 2. The molecule has 4 N–H and O–H groups in total. The van der Waals surface area contributed by atoms with Gasteiger partial charge < -0.3 is 16.2 Å². The van der Waals surface area contributed by atoms with Gasteiger partial charge in [-0.25, -0.2) is 19.9 Å². The maximum Gasteiger partial charge on any atom is 0.221 e. The van der Waals surface area contributed by atoms with Crippen LogP contribution in [0.4, 0.5) is 11.9 Å². The van der Waals surface area contributed by atoms with Crippen LogP contribution in [0.15, 0.2) is 140 Å². The molecule has 0 fully saturated rings. The molecular weight excluding hydrogens is 721 g/mol. The second-order valence-electron chi connectivity index (χ2n) is 14.3. The lowest BCUT2D eigenvalue weighted by atomic mass is 9.95. The topological polar surface area (TPSA) is 147 Å². The van der Waals surface area contributed by atoms with Gasteiger partial charge in [0.25, 0.3) is 0 Å². The second-order valence-corrected chi connectivity index (χ2v) is 14.3. The number of nitrogens with two attached hydrogens (primary N) is 2. The lowest BCUT2D eigenvalue weighted by molar-refractivity contribution is 0.103. The lowest BCUT2D eigenvalue weighted by Crippen LogP contribution is -2.05. The summed E-state index contributed by atoms with van der Waals surface area (Å²) >= 11 is 0. The van der Waals surface area contributed by atoms with Crippen molar-refractivity contribution in [2.24, 2.45) is 0 Å². The summed E-state index contributed by atoms with van der Waals surface area (Å²) in [4.78, 5) is 44.5. The monoisotopic (exact) mass is 756 g/mol. The van der Waals surface area contributed by atoms with E-state index in [1.54, 1.807) is 7.11 Å². The first kappa shape index (κ1) is 35.9. The van der Waals surface area contributed by atoms with Crippen molar-refractivity contribution >= 4 is 23.5 Å². The van der Waals surface area contributed by atoms with Gasteiger partial charge in [0.2, 0.25) is 11.9 Å². The lowest BCUT2D eigenvalue weighted by Gasteiger charge is -2.11. The highest BCUT2D eigenvalue weighted by molar-refractivity contribution is 6.26. The number of methoxy groups -OCH3 is 1. The smallest absolute Gasteiger partial charge is 0.221 e. The Bertz CT molecular complexity index is 2940. The molecule has 0 bridgehead atoms. The molecule has 2 aliphatic carbocycles. The van der Waals surface area contributed by atoms with Crippen LogP contribution in [-0.2, 0) is 0 Å². The number of benzene rings is 6. The molecule has 0 unspecified atom stereocenters. The summed E-state index contributed by atoms with van der Waals surface area (Å²) in [5.74, 6) is 0.951. The fourth-order valence-electron chi connectivity index (χ4n) is 7.80. The van der Waals surface area contributed by atoms with Crippen molar-refractivity contribution in [2.75, 3.05) is 18.6 Å². The van der Waals surface area contributed by atoms with Crippen LogP contribution in [0.5, 0.6) is 5.75 Å². The van der Waals surface area contributed by atoms with Crippen molar-refractivity contribution in [2.45, 2.75) is 13.8 Å². The standard InChI is InChI=1S/C25H19N3O.C24H17N3O2/c1-14-9-11-16(12-10-14)22-21-23(28-25(26)27-22)20-18(7-4-8-19(20)24(21)29)17-6-3-5-15(2)13-17;1-29-16-12-10-14(11-13-16)17-8-5-9-18-19(17)22-20(23(18)28)21(26-24(25)27-22)15-6-3-2-4-7-15/h3-13H,1-2H3,(H2,26,27,28);2-13H,1H3,(H2,25,26,27). The quantitative estimate of drug-likeness (QED) is 0.175. The fraction of sp³-hybridized carbons (Fsp3) is 0.0612. The average molecular weight is 757 g/mol. The molecule has 0 amide bonds. The summed E-state index contributed by atoms with van der Waals surface area (Å²) in [5, 5.41) is 0. The molecule has 0 aliphatic heterocycles. The Morgan fingerprint density at radius 3 is 1.40 bits per heavy atom. The van der Waals surface area contributed by atoms with Crippen LogP contribution in [0, 0.1) is 13.8 Å². The molecule has 6 aromatic carbocycles. The van der Waals surface area contributed by atoms with E-state index in [0.29, 0.717) is 45.0 Å². The third-order valence-corrected chi connectivity index (χ3v) is 10.5. The van der Waals surface area contributed by atoms with Crippen LogP contribution < -0.4 is 16.2 Å². The van der Waals surface area contributed by atoms with E-state index in [-0.39, 0.29) is 23.5 Å². The van der Waals surface area contributed by atoms with E-state index >= 15 is 0 Å². The van der Waals surface area contributed by atoms with Gasteiger partial charge in [0, 0.05) is 33.4 Å². The number of nitrogens with zero attached hydrogens (tertiary/aromatic N) is 4. The largest absolute Gasteiger partial charge is 0.497 e. The Hall–Kier alpha value is -7.78. The van der Waals surface area contributed by atoms with Gasteiger partial charge in [-0.15, -0.1) is 0 Å². The summed E-state index contributed by atoms with van der Waals surface area (Å²) in [6, 6.07) is 45.0. The third kappa shape index (κ3) is 6.15. The van der Waals surface area contributed by atoms with E-state index < -0.39 is 0 Å². The van der Waals surface area contributed by atoms with E-state index in [1.165, 1.54) is 0 Å². The Labute approximate surface area is 335 Å². The molecule has 58 heavy (non-hydrogen) atoms. The van der Waals surface area contributed by atoms with Gasteiger partial charge in [0.1, 0.15) is 5.75 Å². The van der Waals surface area contributed by atoms with E-state index in [1.807, 2.05) is 128 Å². The van der Waals surface area contributed by atoms with E-state index in [4.69, 9.17) is 16.2 Å². The molecule has 0 atom stereocenters. The fourth-order valence-corrected chi connectivity index (χ4v) is 7.80. The minimum atomic E-state index is -0.0794. The van der Waals surface area contributed by atoms with Gasteiger partial charge in [-0.1, -0.05) is 139 Å². The van der Waals surface area contributed by atoms with Crippen molar-refractivity contribution in [3.05, 3.63) is 173 Å². The van der Waals surface area contributed by atoms with Crippen LogP contribution in [0.25, 0.3) is 67.3 Å². The van der Waals surface area contributed by atoms with Crippen LogP contribution in [-0.4, -0.2) is 38.6 Å². The van der Waals surface area contributed by atoms with E-state index in [0.717, 1.165) is 61.4 Å². The predicted molar refractivity (Wildman–Crippen MR) is 228 cm³/mol. The molecule has 2 aliphatic rings. The van der Waals surface area contributed by atoms with E-state index in [9.17, 15) is 9.59 Å². The van der Waals surface area contributed by atoms with Crippen LogP contribution in [0.2, 0.25) is 0 Å². The Kier molecular flexibility index (Phi) is 8.90. The molecular formula is C49H36N6O3. The van der Waals surface area contributed by atoms with Crippen molar-refractivity contribution in [1.29, 1.82) is 0 Å². The van der Waals surface area contributed by atoms with Gasteiger partial charge >= 0.3 is 0 Å². The molecule has 0 saturated carbocycles. The predicted octanol–water partition coefficient (Wildman–Crippen LogP) is 9.83. The minimum Gasteiger partial charge on any atom is -0.497 e. The Morgan fingerprint density at radius 2 is 0.862 bits per heavy atom. The number of ether oxygens (including phenoxy) is 1. The maximum atomic E-state index is 13.4. The van der Waals surface area contributed by atoms with Gasteiger partial charge in [0.05, 0.1) is 41.0 Å². The number of aromatic nitrogens is 4. The number of aryl methyl sites for hydroxylation is 2. The first-order valence-electron chi connectivity index (χ1n) is 18.7. The molecule has 280 valence electrons. The number of rotatable bonds is 5. The van der Waals surface area contributed by atoms with Crippen LogP contribution >= 0.6 is 0 Å². The van der Waals surface area contributed by atoms with Gasteiger partial charge in [-0.3, -0.25) is 9.59 Å². The highest BCUT2D eigenvalue weighted by Gasteiger charge is 2.36. The summed E-state index contributed by atoms with van der Waals surface area (Å²) in [6.07, 6.45) is 0. The van der Waals surface area contributed by atoms with Crippen molar-refractivity contribution in [3.63, 3.8) is 0 Å². The number of anilines is 2. The number of carbonyl (C=O) groups excluding carboxylic acids is 2. The summed E-state index contributed by atoms with van der Waals surface area (Å²) in [6.45, 7) is 4.08. The molecule has 2 heterocycles. The Balaban J connectivity index is 0.000000150. The number of fused-ring (bicyclic) bond motifs is 6. The number of hydrogen-bond acceptors (Lipinski definition) is 9. The zero-order chi connectivity index (χ0) is 40.1. The van der Waals surface area contributed by atoms with Crippen LogP contribution in [0.3, 0.4) is 0 Å². The molecule has 0 spiro atoms. The highest BCUT2D eigenvalue weighted by Crippen LogP contribution is 2.46. The molecule has 8 aromatic rings. The molecule has 2 aromatic heterocycles. The zero-order valence-electron chi connectivity index (χ0n) is 31.9. The molecule has 0 saturated heterocycles. The summed E-state index contributed by atoms with van der Waals surface area (Å²) in [7, 11) is 1.63. The first-order chi connectivity index (χ1) is 28.2. The summed E-state index contributed by atoms with van der Waals surface area (Å²) in [5.41, 5.74) is 26.3. The van der Waals surface area contributed by atoms with Gasteiger partial charge in [-0.2, -0.15) is 0 Å². The van der Waals surface area contributed by atoms with Gasteiger partial charge in [-0.05, 0) is 48.2 Å². The molecule has 9 nitrogen and oxygen atoms in total. The molecule has 9 heteroatoms. The normalized spacial score (nSPS) is 11.9. The maximum absolute atomic E-state index is 13.4. The first-order valence-corrected chi connectivity index (χ1v) is 18.7. The average Bonchev–Trinajstić information content (AvgIpc) is 3.70. The third-order valence-electron chi connectivity index (χ3n) is 10.5. The van der Waals surface area contributed by atoms with Crippen LogP contribution in [0.1, 0.15) is 43.0 Å². The number of hydrogen-bond donors (Lipinski definition) is 2. The van der Waals surface area contributed by atoms with E-state index in [2.05, 4.69) is 45.1 Å².